The minimum absolute atomic E-state index is 0.232. The van der Waals surface area contributed by atoms with Crippen molar-refractivity contribution >= 4 is 0 Å². The van der Waals surface area contributed by atoms with Crippen molar-refractivity contribution in [3.63, 3.8) is 0 Å². The van der Waals surface area contributed by atoms with E-state index in [0.717, 1.165) is 12.5 Å². The first kappa shape index (κ1) is 12.0. The quantitative estimate of drug-likeness (QED) is 0.709. The summed E-state index contributed by atoms with van der Waals surface area (Å²) in [7, 11) is 0. The van der Waals surface area contributed by atoms with Crippen LogP contribution in [0.1, 0.15) is 33.6 Å². The molecule has 0 bridgehead atoms. The van der Waals surface area contributed by atoms with Crippen molar-refractivity contribution in [2.24, 2.45) is 11.7 Å². The van der Waals surface area contributed by atoms with Crippen molar-refractivity contribution in [2.45, 2.75) is 51.8 Å². The lowest BCUT2D eigenvalue weighted by atomic mass is 9.90. The fraction of sp³-hybridized carbons (Fsp3) is 1.00. The molecular weight excluding hydrogens is 176 g/mol. The van der Waals surface area contributed by atoms with Crippen molar-refractivity contribution in [3.05, 3.63) is 0 Å². The average Bonchev–Trinajstić information content (AvgIpc) is 2.16. The number of aliphatic hydroxyl groups excluding tert-OH is 1. The number of aliphatic hydroxyl groups is 1. The van der Waals surface area contributed by atoms with Crippen molar-refractivity contribution in [1.29, 1.82) is 0 Å². The fourth-order valence-corrected chi connectivity index (χ4v) is 2.31. The van der Waals surface area contributed by atoms with Gasteiger partial charge in [-0.05, 0) is 39.2 Å². The average molecular weight is 200 g/mol. The van der Waals surface area contributed by atoms with Crippen LogP contribution in [0.4, 0.5) is 0 Å². The summed E-state index contributed by atoms with van der Waals surface area (Å²) in [5.41, 5.74) is 5.77. The van der Waals surface area contributed by atoms with Crippen LogP contribution in [-0.4, -0.2) is 41.3 Å². The van der Waals surface area contributed by atoms with E-state index in [2.05, 4.69) is 18.7 Å². The highest BCUT2D eigenvalue weighted by atomic mass is 16.3. The lowest BCUT2D eigenvalue weighted by Crippen LogP contribution is -2.53. The van der Waals surface area contributed by atoms with E-state index < -0.39 is 0 Å². The highest BCUT2D eigenvalue weighted by Crippen LogP contribution is 2.24. The lowest BCUT2D eigenvalue weighted by molar-refractivity contribution is 0.0164. The smallest absolute Gasteiger partial charge is 0.0664 e. The van der Waals surface area contributed by atoms with E-state index in [-0.39, 0.29) is 12.1 Å². The number of nitrogens with zero attached hydrogens (tertiary/aromatic N) is 1. The molecule has 1 fully saturated rings. The van der Waals surface area contributed by atoms with Gasteiger partial charge < -0.3 is 10.8 Å². The molecule has 0 amide bonds. The molecule has 0 aliphatic carbocycles. The van der Waals surface area contributed by atoms with E-state index in [9.17, 15) is 5.11 Å². The Labute approximate surface area is 87.3 Å². The fourth-order valence-electron chi connectivity index (χ4n) is 2.31. The van der Waals surface area contributed by atoms with Gasteiger partial charge in [0.05, 0.1) is 6.10 Å². The molecular formula is C11H24N2O. The van der Waals surface area contributed by atoms with Crippen LogP contribution >= 0.6 is 0 Å². The van der Waals surface area contributed by atoms with Gasteiger partial charge >= 0.3 is 0 Å². The summed E-state index contributed by atoms with van der Waals surface area (Å²) in [5, 5.41) is 9.57. The number of nitrogens with two attached hydrogens (primary N) is 1. The minimum atomic E-state index is -0.266. The third-order valence-corrected chi connectivity index (χ3v) is 3.52. The van der Waals surface area contributed by atoms with Crippen LogP contribution in [0.15, 0.2) is 0 Å². The molecule has 1 heterocycles. The molecule has 14 heavy (non-hydrogen) atoms. The lowest BCUT2D eigenvalue weighted by Gasteiger charge is -2.42. The minimum Gasteiger partial charge on any atom is -0.392 e. The number of hydrogen-bond donors (Lipinski definition) is 2. The van der Waals surface area contributed by atoms with E-state index in [1.165, 1.54) is 12.8 Å². The molecule has 84 valence electrons. The third-order valence-electron chi connectivity index (χ3n) is 3.52. The van der Waals surface area contributed by atoms with Gasteiger partial charge in [-0.1, -0.05) is 6.92 Å². The molecule has 1 aliphatic rings. The Morgan fingerprint density at radius 3 is 2.64 bits per heavy atom. The third kappa shape index (κ3) is 2.69. The van der Waals surface area contributed by atoms with Crippen molar-refractivity contribution in [3.8, 4) is 0 Å². The molecule has 4 unspecified atom stereocenters. The van der Waals surface area contributed by atoms with Gasteiger partial charge in [-0.2, -0.15) is 0 Å². The number of piperidine rings is 1. The molecule has 0 radical (unpaired) electrons. The first-order valence-corrected chi connectivity index (χ1v) is 5.70. The summed E-state index contributed by atoms with van der Waals surface area (Å²) in [6.45, 7) is 8.02. The van der Waals surface area contributed by atoms with Crippen LogP contribution in [0.25, 0.3) is 0 Å². The Morgan fingerprint density at radius 1 is 1.50 bits per heavy atom. The normalized spacial score (nSPS) is 34.1. The molecule has 4 atom stereocenters. The summed E-state index contributed by atoms with van der Waals surface area (Å²) in [6.07, 6.45) is 2.14. The maximum atomic E-state index is 9.57. The van der Waals surface area contributed by atoms with Gasteiger partial charge in [0.25, 0.3) is 0 Å². The van der Waals surface area contributed by atoms with E-state index in [1.807, 2.05) is 6.92 Å². The predicted molar refractivity (Wildman–Crippen MR) is 59.1 cm³/mol. The number of hydrogen-bond acceptors (Lipinski definition) is 3. The first-order valence-electron chi connectivity index (χ1n) is 5.70. The molecule has 0 spiro atoms. The molecule has 1 saturated heterocycles. The van der Waals surface area contributed by atoms with Gasteiger partial charge in [0.15, 0.2) is 0 Å². The van der Waals surface area contributed by atoms with Gasteiger partial charge in [-0.3, -0.25) is 4.90 Å². The Bertz CT molecular complexity index is 173. The largest absolute Gasteiger partial charge is 0.392 e. The van der Waals surface area contributed by atoms with E-state index >= 15 is 0 Å². The second kappa shape index (κ2) is 5.10. The van der Waals surface area contributed by atoms with Crippen LogP contribution in [0.2, 0.25) is 0 Å². The Kier molecular flexibility index (Phi) is 4.35. The standard InChI is InChI=1S/C11H24N2O/c1-8-4-5-13(9(2)10(3)14)11(6-8)7-12/h8-11,14H,4-7,12H2,1-3H3. The van der Waals surface area contributed by atoms with E-state index in [0.29, 0.717) is 12.6 Å². The Balaban J connectivity index is 2.58. The highest BCUT2D eigenvalue weighted by molar-refractivity contribution is 4.85. The summed E-state index contributed by atoms with van der Waals surface area (Å²) in [5.74, 6) is 0.779. The Hall–Kier alpha value is -0.120. The molecule has 1 aliphatic heterocycles. The monoisotopic (exact) mass is 200 g/mol. The zero-order chi connectivity index (χ0) is 10.7. The first-order chi connectivity index (χ1) is 6.56. The zero-order valence-corrected chi connectivity index (χ0v) is 9.61. The van der Waals surface area contributed by atoms with Gasteiger partial charge in [-0.25, -0.2) is 0 Å². The van der Waals surface area contributed by atoms with Crippen LogP contribution in [0, 0.1) is 5.92 Å². The second-order valence-electron chi connectivity index (χ2n) is 4.74. The van der Waals surface area contributed by atoms with Crippen LogP contribution in [0.5, 0.6) is 0 Å². The molecule has 0 aromatic heterocycles. The number of rotatable bonds is 3. The molecule has 0 saturated carbocycles. The second-order valence-corrected chi connectivity index (χ2v) is 4.74. The number of likely N-dealkylation sites (tertiary alicyclic amines) is 1. The summed E-state index contributed by atoms with van der Waals surface area (Å²) in [4.78, 5) is 2.37. The summed E-state index contributed by atoms with van der Waals surface area (Å²) in [6, 6.07) is 0.694. The summed E-state index contributed by atoms with van der Waals surface area (Å²) >= 11 is 0. The molecule has 3 heteroatoms. The highest BCUT2D eigenvalue weighted by Gasteiger charge is 2.30. The molecule has 0 aromatic carbocycles. The molecule has 0 aromatic rings. The van der Waals surface area contributed by atoms with Crippen molar-refractivity contribution < 1.29 is 5.11 Å². The molecule has 1 rings (SSSR count). The predicted octanol–water partition coefficient (Wildman–Crippen LogP) is 0.815. The van der Waals surface area contributed by atoms with Gasteiger partial charge in [0.2, 0.25) is 0 Å². The van der Waals surface area contributed by atoms with Crippen LogP contribution < -0.4 is 5.73 Å². The summed E-state index contributed by atoms with van der Waals surface area (Å²) < 4.78 is 0. The maximum Gasteiger partial charge on any atom is 0.0664 e. The van der Waals surface area contributed by atoms with Crippen molar-refractivity contribution in [2.75, 3.05) is 13.1 Å². The van der Waals surface area contributed by atoms with Gasteiger partial charge in [0, 0.05) is 18.6 Å². The van der Waals surface area contributed by atoms with Crippen LogP contribution in [-0.2, 0) is 0 Å². The topological polar surface area (TPSA) is 49.5 Å². The molecule has 3 nitrogen and oxygen atoms in total. The van der Waals surface area contributed by atoms with Gasteiger partial charge in [-0.15, -0.1) is 0 Å². The van der Waals surface area contributed by atoms with E-state index in [1.54, 1.807) is 0 Å². The van der Waals surface area contributed by atoms with Gasteiger partial charge in [0.1, 0.15) is 0 Å². The maximum absolute atomic E-state index is 9.57. The molecule has 3 N–H and O–H groups in total. The Morgan fingerprint density at radius 2 is 2.14 bits per heavy atom. The zero-order valence-electron chi connectivity index (χ0n) is 9.61. The van der Waals surface area contributed by atoms with E-state index in [4.69, 9.17) is 5.73 Å². The SMILES string of the molecule is CC1CCN(C(C)C(C)O)C(CN)C1. The van der Waals surface area contributed by atoms with Crippen molar-refractivity contribution in [1.82, 2.24) is 4.90 Å². The van der Waals surface area contributed by atoms with Crippen LogP contribution in [0.3, 0.4) is 0 Å².